The lowest BCUT2D eigenvalue weighted by Crippen LogP contribution is -2.48. The number of carbonyl (C=O) groups is 2. The van der Waals surface area contributed by atoms with E-state index in [0.717, 1.165) is 56.9 Å². The molecule has 1 unspecified atom stereocenters. The summed E-state index contributed by atoms with van der Waals surface area (Å²) in [4.78, 5) is 31.2. The Balaban J connectivity index is 1.45. The number of benzene rings is 1. The number of fused-ring (bicyclic) bond motifs is 1. The zero-order valence-electron chi connectivity index (χ0n) is 15.9. The zero-order valence-corrected chi connectivity index (χ0v) is 15.9. The van der Waals surface area contributed by atoms with Crippen molar-refractivity contribution in [2.45, 2.75) is 32.7 Å². The van der Waals surface area contributed by atoms with Gasteiger partial charge in [0.2, 0.25) is 11.8 Å². The minimum absolute atomic E-state index is 0.0489. The molecule has 26 heavy (non-hydrogen) atoms. The fourth-order valence-electron chi connectivity index (χ4n) is 3.95. The number of nitrogens with one attached hydrogen (secondary N) is 1. The number of para-hydroxylation sites is 1. The molecule has 0 aromatic heterocycles. The molecule has 0 radical (unpaired) electrons. The zero-order chi connectivity index (χ0) is 18.5. The summed E-state index contributed by atoms with van der Waals surface area (Å²) >= 11 is 0. The minimum atomic E-state index is -0.419. The SMILES string of the molecule is CCN1CCN(CCCNC(=O)C2Cc3ccccc3N2C(C)=O)CC1. The fraction of sp³-hybridized carbons (Fsp3) is 0.600. The first kappa shape index (κ1) is 18.9. The second-order valence-corrected chi connectivity index (χ2v) is 7.16. The molecule has 2 aliphatic rings. The Morgan fingerprint density at radius 2 is 1.81 bits per heavy atom. The van der Waals surface area contributed by atoms with E-state index in [4.69, 9.17) is 0 Å². The van der Waals surface area contributed by atoms with Crippen molar-refractivity contribution in [3.63, 3.8) is 0 Å². The molecule has 142 valence electrons. The largest absolute Gasteiger partial charge is 0.354 e. The summed E-state index contributed by atoms with van der Waals surface area (Å²) in [6.07, 6.45) is 1.54. The molecule has 1 aromatic rings. The Labute approximate surface area is 156 Å². The third kappa shape index (κ3) is 4.24. The lowest BCUT2D eigenvalue weighted by Gasteiger charge is -2.34. The monoisotopic (exact) mass is 358 g/mol. The summed E-state index contributed by atoms with van der Waals surface area (Å²) in [6.45, 7) is 11.0. The number of hydrogen-bond acceptors (Lipinski definition) is 4. The Morgan fingerprint density at radius 1 is 1.12 bits per heavy atom. The normalized spacial score (nSPS) is 20.8. The van der Waals surface area contributed by atoms with E-state index in [1.807, 2.05) is 24.3 Å². The molecule has 0 aliphatic carbocycles. The van der Waals surface area contributed by atoms with Gasteiger partial charge in [-0.05, 0) is 31.1 Å². The van der Waals surface area contributed by atoms with Crippen molar-refractivity contribution in [2.24, 2.45) is 0 Å². The van der Waals surface area contributed by atoms with Gasteiger partial charge in [-0.15, -0.1) is 0 Å². The molecule has 2 amide bonds. The quantitative estimate of drug-likeness (QED) is 0.774. The van der Waals surface area contributed by atoms with Crippen LogP contribution in [0.3, 0.4) is 0 Å². The van der Waals surface area contributed by atoms with Gasteiger partial charge in [-0.3, -0.25) is 14.5 Å². The summed E-state index contributed by atoms with van der Waals surface area (Å²) in [5.41, 5.74) is 1.94. The number of anilines is 1. The van der Waals surface area contributed by atoms with Gasteiger partial charge in [0.05, 0.1) is 0 Å². The summed E-state index contributed by atoms with van der Waals surface area (Å²) in [6, 6.07) is 7.36. The number of carbonyl (C=O) groups excluding carboxylic acids is 2. The van der Waals surface area contributed by atoms with E-state index < -0.39 is 6.04 Å². The first-order chi connectivity index (χ1) is 12.6. The molecule has 1 atom stereocenters. The first-order valence-electron chi connectivity index (χ1n) is 9.70. The molecule has 1 N–H and O–H groups in total. The lowest BCUT2D eigenvalue weighted by atomic mass is 10.1. The van der Waals surface area contributed by atoms with Gasteiger partial charge in [0, 0.05) is 51.8 Å². The molecule has 0 bridgehead atoms. The summed E-state index contributed by atoms with van der Waals surface area (Å²) < 4.78 is 0. The number of rotatable bonds is 6. The summed E-state index contributed by atoms with van der Waals surface area (Å²) in [5.74, 6) is -0.129. The van der Waals surface area contributed by atoms with Crippen LogP contribution in [-0.2, 0) is 16.0 Å². The highest BCUT2D eigenvalue weighted by molar-refractivity contribution is 6.02. The second-order valence-electron chi connectivity index (χ2n) is 7.16. The van der Waals surface area contributed by atoms with Crippen LogP contribution in [0.25, 0.3) is 0 Å². The highest BCUT2D eigenvalue weighted by atomic mass is 16.2. The van der Waals surface area contributed by atoms with Crippen molar-refractivity contribution < 1.29 is 9.59 Å². The fourth-order valence-corrected chi connectivity index (χ4v) is 3.95. The third-order valence-corrected chi connectivity index (χ3v) is 5.48. The number of piperazine rings is 1. The van der Waals surface area contributed by atoms with E-state index in [0.29, 0.717) is 13.0 Å². The van der Waals surface area contributed by atoms with Crippen molar-refractivity contribution in [3.05, 3.63) is 29.8 Å². The number of likely N-dealkylation sites (N-methyl/N-ethyl adjacent to an activating group) is 1. The van der Waals surface area contributed by atoms with Crippen LogP contribution in [0.2, 0.25) is 0 Å². The molecular weight excluding hydrogens is 328 g/mol. The molecular formula is C20H30N4O2. The van der Waals surface area contributed by atoms with E-state index >= 15 is 0 Å². The van der Waals surface area contributed by atoms with Crippen molar-refractivity contribution in [2.75, 3.05) is 50.7 Å². The van der Waals surface area contributed by atoms with Crippen molar-refractivity contribution >= 4 is 17.5 Å². The summed E-state index contributed by atoms with van der Waals surface area (Å²) in [5, 5.41) is 3.03. The Kier molecular flexibility index (Phi) is 6.27. The highest BCUT2D eigenvalue weighted by Crippen LogP contribution is 2.32. The number of amides is 2. The van der Waals surface area contributed by atoms with Gasteiger partial charge in [-0.1, -0.05) is 25.1 Å². The molecule has 1 saturated heterocycles. The Bertz CT molecular complexity index is 640. The molecule has 0 spiro atoms. The maximum absolute atomic E-state index is 12.6. The van der Waals surface area contributed by atoms with E-state index in [1.54, 1.807) is 4.90 Å². The van der Waals surface area contributed by atoms with Crippen LogP contribution < -0.4 is 10.2 Å². The van der Waals surface area contributed by atoms with E-state index in [2.05, 4.69) is 22.0 Å². The van der Waals surface area contributed by atoms with Gasteiger partial charge in [0.1, 0.15) is 6.04 Å². The van der Waals surface area contributed by atoms with Gasteiger partial charge in [0.15, 0.2) is 0 Å². The number of nitrogens with zero attached hydrogens (tertiary/aromatic N) is 3. The van der Waals surface area contributed by atoms with Crippen LogP contribution in [0, 0.1) is 0 Å². The Morgan fingerprint density at radius 3 is 2.50 bits per heavy atom. The molecule has 6 heteroatoms. The lowest BCUT2D eigenvalue weighted by molar-refractivity contribution is -0.125. The van der Waals surface area contributed by atoms with E-state index in [1.165, 1.54) is 6.92 Å². The van der Waals surface area contributed by atoms with Crippen LogP contribution in [-0.4, -0.2) is 73.5 Å². The van der Waals surface area contributed by atoms with Crippen molar-refractivity contribution in [1.82, 2.24) is 15.1 Å². The molecule has 2 aliphatic heterocycles. The van der Waals surface area contributed by atoms with Gasteiger partial charge in [0.25, 0.3) is 0 Å². The molecule has 3 rings (SSSR count). The second kappa shape index (κ2) is 8.64. The Hall–Kier alpha value is -1.92. The maximum Gasteiger partial charge on any atom is 0.243 e. The van der Waals surface area contributed by atoms with Crippen LogP contribution >= 0.6 is 0 Å². The molecule has 6 nitrogen and oxygen atoms in total. The first-order valence-corrected chi connectivity index (χ1v) is 9.70. The van der Waals surface area contributed by atoms with Crippen molar-refractivity contribution in [3.8, 4) is 0 Å². The highest BCUT2D eigenvalue weighted by Gasteiger charge is 2.36. The molecule has 0 saturated carbocycles. The third-order valence-electron chi connectivity index (χ3n) is 5.48. The maximum atomic E-state index is 12.6. The van der Waals surface area contributed by atoms with E-state index in [-0.39, 0.29) is 11.8 Å². The van der Waals surface area contributed by atoms with Crippen LogP contribution in [0.15, 0.2) is 24.3 Å². The van der Waals surface area contributed by atoms with Gasteiger partial charge in [-0.25, -0.2) is 0 Å². The standard InChI is InChI=1S/C20H30N4O2/c1-3-22-11-13-23(14-12-22)10-6-9-21-20(26)19-15-17-7-4-5-8-18(17)24(19)16(2)25/h4-5,7-8,19H,3,6,9-15H2,1-2H3,(H,21,26). The van der Waals surface area contributed by atoms with Gasteiger partial charge in [-0.2, -0.15) is 0 Å². The van der Waals surface area contributed by atoms with Crippen LogP contribution in [0.4, 0.5) is 5.69 Å². The summed E-state index contributed by atoms with van der Waals surface area (Å²) in [7, 11) is 0. The van der Waals surface area contributed by atoms with Crippen LogP contribution in [0.1, 0.15) is 25.8 Å². The van der Waals surface area contributed by atoms with E-state index in [9.17, 15) is 9.59 Å². The van der Waals surface area contributed by atoms with Crippen LogP contribution in [0.5, 0.6) is 0 Å². The average Bonchev–Trinajstić information content (AvgIpc) is 3.05. The topological polar surface area (TPSA) is 55.9 Å². The molecule has 1 fully saturated rings. The smallest absolute Gasteiger partial charge is 0.243 e. The number of hydrogen-bond donors (Lipinski definition) is 1. The van der Waals surface area contributed by atoms with Crippen molar-refractivity contribution in [1.29, 1.82) is 0 Å². The molecule has 1 aromatic carbocycles. The predicted octanol–water partition coefficient (Wildman–Crippen LogP) is 1.11. The molecule has 2 heterocycles. The predicted molar refractivity (Wildman–Crippen MR) is 103 cm³/mol. The van der Waals surface area contributed by atoms with Gasteiger partial charge >= 0.3 is 0 Å². The minimum Gasteiger partial charge on any atom is -0.354 e. The average molecular weight is 358 g/mol. The van der Waals surface area contributed by atoms with Gasteiger partial charge < -0.3 is 15.1 Å².